The van der Waals surface area contributed by atoms with Gasteiger partial charge in [-0.15, -0.1) is 0 Å². The van der Waals surface area contributed by atoms with Crippen molar-refractivity contribution in [1.29, 1.82) is 0 Å². The van der Waals surface area contributed by atoms with Crippen molar-refractivity contribution < 1.29 is 18.4 Å². The molecule has 1 heterocycles. The van der Waals surface area contributed by atoms with Crippen LogP contribution in [0.15, 0.2) is 30.3 Å². The van der Waals surface area contributed by atoms with Gasteiger partial charge in [-0.1, -0.05) is 18.9 Å². The van der Waals surface area contributed by atoms with E-state index >= 15 is 0 Å². The third kappa shape index (κ3) is 5.30. The van der Waals surface area contributed by atoms with E-state index in [1.807, 2.05) is 11.8 Å². The molecule has 4 rings (SSSR count). The maximum Gasteiger partial charge on any atom is 0.258 e. The van der Waals surface area contributed by atoms with Crippen molar-refractivity contribution in [3.8, 4) is 0 Å². The molecule has 1 N–H and O–H groups in total. The molecule has 5 nitrogen and oxygen atoms in total. The molecule has 0 radical (unpaired) electrons. The zero-order valence-electron chi connectivity index (χ0n) is 20.2. The van der Waals surface area contributed by atoms with E-state index in [2.05, 4.69) is 17.1 Å². The molecule has 2 aliphatic rings. The van der Waals surface area contributed by atoms with Gasteiger partial charge in [0.2, 0.25) is 5.91 Å². The van der Waals surface area contributed by atoms with Gasteiger partial charge in [-0.25, -0.2) is 8.78 Å². The molecule has 2 aromatic rings. The first kappa shape index (κ1) is 24.3. The lowest BCUT2D eigenvalue weighted by molar-refractivity contribution is -0.140. The maximum absolute atomic E-state index is 14.5. The number of nitrogens with zero attached hydrogens (tertiary/aromatic N) is 2. The molecule has 34 heavy (non-hydrogen) atoms. The van der Waals surface area contributed by atoms with Gasteiger partial charge in [0.15, 0.2) is 0 Å². The van der Waals surface area contributed by atoms with E-state index in [-0.39, 0.29) is 23.4 Å². The van der Waals surface area contributed by atoms with Crippen LogP contribution in [0.5, 0.6) is 0 Å². The number of carbonyl (C=O) groups excluding carboxylic acids is 2. The topological polar surface area (TPSA) is 52.7 Å². The number of benzene rings is 2. The number of rotatable bonds is 5. The van der Waals surface area contributed by atoms with Crippen LogP contribution in [0.4, 0.5) is 14.5 Å². The van der Waals surface area contributed by atoms with Gasteiger partial charge in [-0.3, -0.25) is 14.5 Å². The summed E-state index contributed by atoms with van der Waals surface area (Å²) >= 11 is 0. The molecule has 1 saturated carbocycles. The van der Waals surface area contributed by atoms with E-state index in [0.29, 0.717) is 25.3 Å². The first-order valence-electron chi connectivity index (χ1n) is 12.1. The van der Waals surface area contributed by atoms with E-state index in [0.717, 1.165) is 48.9 Å². The average Bonchev–Trinajstić information content (AvgIpc) is 3.31. The Bertz CT molecular complexity index is 1080. The van der Waals surface area contributed by atoms with Gasteiger partial charge >= 0.3 is 0 Å². The largest absolute Gasteiger partial charge is 0.337 e. The Morgan fingerprint density at radius 3 is 2.47 bits per heavy atom. The zero-order valence-corrected chi connectivity index (χ0v) is 20.2. The molecular formula is C27H33F2N3O2. The Morgan fingerprint density at radius 2 is 1.79 bits per heavy atom. The lowest BCUT2D eigenvalue weighted by atomic mass is 10.0. The minimum atomic E-state index is -0.607. The van der Waals surface area contributed by atoms with Crippen molar-refractivity contribution in [1.82, 2.24) is 9.80 Å². The van der Waals surface area contributed by atoms with Crippen LogP contribution in [0, 0.1) is 31.4 Å². The molecule has 2 amide bonds. The number of aryl methyl sites for hydroxylation is 1. The normalized spacial score (nSPS) is 19.4. The monoisotopic (exact) mass is 469 g/mol. The van der Waals surface area contributed by atoms with Crippen LogP contribution in [-0.2, 0) is 11.3 Å². The standard InChI is InChI=1S/C27H33F2N3O2/c1-17-8-9-23(24(29)12-17)26(33)30-25-14-22(28)13-21(19(25)3)16-31-10-11-32(18(2)15-31)27(34)20-6-4-5-7-20/h8-9,12-14,18,20H,4-7,10-11,15-16H2,1-3H3,(H,30,33)/t18-/m0/s1. The number of anilines is 1. The van der Waals surface area contributed by atoms with Gasteiger partial charge in [-0.2, -0.15) is 0 Å². The van der Waals surface area contributed by atoms with Gasteiger partial charge in [-0.05, 0) is 74.6 Å². The van der Waals surface area contributed by atoms with Crippen molar-refractivity contribution in [2.75, 3.05) is 25.0 Å². The number of amides is 2. The first-order chi connectivity index (χ1) is 16.2. The summed E-state index contributed by atoms with van der Waals surface area (Å²) < 4.78 is 28.7. The second kappa shape index (κ2) is 10.2. The molecule has 0 unspecified atom stereocenters. The third-order valence-corrected chi connectivity index (χ3v) is 7.19. The number of hydrogen-bond acceptors (Lipinski definition) is 3. The second-order valence-electron chi connectivity index (χ2n) is 9.77. The Kier molecular flexibility index (Phi) is 7.31. The predicted octanol–water partition coefficient (Wildman–Crippen LogP) is 5.06. The van der Waals surface area contributed by atoms with E-state index in [4.69, 9.17) is 0 Å². The molecule has 2 fully saturated rings. The average molecular weight is 470 g/mol. The minimum Gasteiger partial charge on any atom is -0.337 e. The molecule has 0 aromatic heterocycles. The second-order valence-corrected chi connectivity index (χ2v) is 9.77. The molecule has 182 valence electrons. The maximum atomic E-state index is 14.5. The highest BCUT2D eigenvalue weighted by Gasteiger charge is 2.33. The van der Waals surface area contributed by atoms with Crippen molar-refractivity contribution in [3.05, 3.63) is 64.2 Å². The van der Waals surface area contributed by atoms with Crippen LogP contribution >= 0.6 is 0 Å². The molecule has 1 atom stereocenters. The molecular weight excluding hydrogens is 436 g/mol. The van der Waals surface area contributed by atoms with Crippen molar-refractivity contribution in [2.45, 2.75) is 59.0 Å². The summed E-state index contributed by atoms with van der Waals surface area (Å²) in [5.41, 5.74) is 2.50. The van der Waals surface area contributed by atoms with E-state index < -0.39 is 17.5 Å². The zero-order chi connectivity index (χ0) is 24.4. The van der Waals surface area contributed by atoms with E-state index in [9.17, 15) is 18.4 Å². The summed E-state index contributed by atoms with van der Waals surface area (Å²) in [4.78, 5) is 29.7. The first-order valence-corrected chi connectivity index (χ1v) is 12.1. The van der Waals surface area contributed by atoms with Crippen LogP contribution in [0.3, 0.4) is 0 Å². The molecule has 0 bridgehead atoms. The number of hydrogen-bond donors (Lipinski definition) is 1. The summed E-state index contributed by atoms with van der Waals surface area (Å²) in [7, 11) is 0. The minimum absolute atomic E-state index is 0.0762. The van der Waals surface area contributed by atoms with Crippen LogP contribution in [-0.4, -0.2) is 47.3 Å². The SMILES string of the molecule is Cc1ccc(C(=O)Nc2cc(F)cc(CN3CCN(C(=O)C4CCCC4)[C@@H](C)C3)c2C)c(F)c1. The Morgan fingerprint density at radius 1 is 1.06 bits per heavy atom. The fraction of sp³-hybridized carbons (Fsp3) is 0.481. The van der Waals surface area contributed by atoms with E-state index in [1.54, 1.807) is 13.0 Å². The van der Waals surface area contributed by atoms with Crippen molar-refractivity contribution in [3.63, 3.8) is 0 Å². The lowest BCUT2D eigenvalue weighted by Gasteiger charge is -2.41. The van der Waals surface area contributed by atoms with Gasteiger partial charge in [0, 0.05) is 43.8 Å². The summed E-state index contributed by atoms with van der Waals surface area (Å²) in [5.74, 6) is -1.22. The van der Waals surface area contributed by atoms with Gasteiger partial charge in [0.1, 0.15) is 11.6 Å². The number of nitrogens with one attached hydrogen (secondary N) is 1. The molecule has 1 aliphatic heterocycles. The number of piperazine rings is 1. The van der Waals surface area contributed by atoms with Crippen LogP contribution in [0.1, 0.15) is 59.7 Å². The van der Waals surface area contributed by atoms with Gasteiger partial charge in [0.25, 0.3) is 5.91 Å². The quantitative estimate of drug-likeness (QED) is 0.666. The highest BCUT2D eigenvalue weighted by molar-refractivity contribution is 6.05. The van der Waals surface area contributed by atoms with Gasteiger partial charge in [0.05, 0.1) is 5.56 Å². The summed E-state index contributed by atoms with van der Waals surface area (Å²) in [6.45, 7) is 8.26. The fourth-order valence-corrected chi connectivity index (χ4v) is 5.18. The van der Waals surface area contributed by atoms with Gasteiger partial charge < -0.3 is 10.2 Å². The molecule has 1 aliphatic carbocycles. The van der Waals surface area contributed by atoms with Crippen molar-refractivity contribution >= 4 is 17.5 Å². The molecule has 7 heteroatoms. The molecule has 0 spiro atoms. The fourth-order valence-electron chi connectivity index (χ4n) is 5.18. The predicted molar refractivity (Wildman–Crippen MR) is 129 cm³/mol. The van der Waals surface area contributed by atoms with Crippen molar-refractivity contribution in [2.24, 2.45) is 5.92 Å². The smallest absolute Gasteiger partial charge is 0.258 e. The Balaban J connectivity index is 1.44. The molecule has 2 aromatic carbocycles. The Labute approximate surface area is 200 Å². The molecule has 1 saturated heterocycles. The highest BCUT2D eigenvalue weighted by Crippen LogP contribution is 2.29. The number of carbonyl (C=O) groups is 2. The summed E-state index contributed by atoms with van der Waals surface area (Å²) in [5, 5.41) is 2.68. The highest BCUT2D eigenvalue weighted by atomic mass is 19.1. The van der Waals surface area contributed by atoms with Crippen LogP contribution in [0.2, 0.25) is 0 Å². The number of halogens is 2. The summed E-state index contributed by atoms with van der Waals surface area (Å²) in [6, 6.07) is 7.25. The Hall–Kier alpha value is -2.80. The van der Waals surface area contributed by atoms with E-state index in [1.165, 1.54) is 24.3 Å². The van der Waals surface area contributed by atoms with Crippen LogP contribution < -0.4 is 5.32 Å². The summed E-state index contributed by atoms with van der Waals surface area (Å²) in [6.07, 6.45) is 4.27. The third-order valence-electron chi connectivity index (χ3n) is 7.19. The lowest BCUT2D eigenvalue weighted by Crippen LogP contribution is -2.54. The van der Waals surface area contributed by atoms with Crippen LogP contribution in [0.25, 0.3) is 0 Å².